The van der Waals surface area contributed by atoms with Crippen LogP contribution >= 0.6 is 0 Å². The number of hydrogen-bond donors (Lipinski definition) is 0. The molecule has 0 saturated carbocycles. The third-order valence-electron chi connectivity index (χ3n) is 15.1. The van der Waals surface area contributed by atoms with Crippen molar-refractivity contribution in [3.63, 3.8) is 0 Å². The molecule has 0 aliphatic carbocycles. The van der Waals surface area contributed by atoms with E-state index in [0.717, 1.165) is 61.6 Å². The lowest BCUT2D eigenvalue weighted by molar-refractivity contribution is 0.590. The molecular weight excluding hydrogens is 870 g/mol. The van der Waals surface area contributed by atoms with E-state index in [-0.39, 0.29) is 70.9 Å². The van der Waals surface area contributed by atoms with Gasteiger partial charge in [0, 0.05) is 56.3 Å². The van der Waals surface area contributed by atoms with Gasteiger partial charge in [0.25, 0.3) is 6.71 Å². The highest BCUT2D eigenvalue weighted by molar-refractivity contribution is 7.00. The zero-order valence-electron chi connectivity index (χ0n) is 52.0. The van der Waals surface area contributed by atoms with Gasteiger partial charge < -0.3 is 14.7 Å². The molecule has 4 heteroatoms. The van der Waals surface area contributed by atoms with E-state index >= 15 is 0 Å². The summed E-state index contributed by atoms with van der Waals surface area (Å²) < 4.78 is 82.2. The fourth-order valence-electron chi connectivity index (χ4n) is 10.6. The lowest BCUT2D eigenvalue weighted by Crippen LogP contribution is -2.61. The van der Waals surface area contributed by atoms with Crippen molar-refractivity contribution in [2.24, 2.45) is 0 Å². The van der Waals surface area contributed by atoms with Gasteiger partial charge in [0.05, 0.1) is 18.0 Å². The summed E-state index contributed by atoms with van der Waals surface area (Å²) in [5.41, 5.74) is 12.6. The molecule has 0 fully saturated rings. The van der Waals surface area contributed by atoms with Crippen LogP contribution in [0, 0.1) is 0 Å². The minimum atomic E-state index is -0.881. The Morgan fingerprint density at radius 1 is 0.361 bits per heavy atom. The van der Waals surface area contributed by atoms with Gasteiger partial charge in [0.1, 0.15) is 0 Å². The topological polar surface area (TPSA) is 9.72 Å². The lowest BCUT2D eigenvalue weighted by atomic mass is 9.33. The molecular formula is C68H66BN3. The van der Waals surface area contributed by atoms with Crippen LogP contribution in [-0.2, 0) is 21.7 Å². The molecule has 2 heterocycles. The summed E-state index contributed by atoms with van der Waals surface area (Å²) in [4.78, 5) is 6.55. The molecule has 9 aromatic rings. The Balaban J connectivity index is 1.28. The van der Waals surface area contributed by atoms with E-state index in [1.807, 2.05) is 75.1 Å². The average Bonchev–Trinajstić information content (AvgIpc) is 2.43. The molecule has 0 amide bonds. The van der Waals surface area contributed by atoms with Gasteiger partial charge in [0.2, 0.25) is 0 Å². The van der Waals surface area contributed by atoms with Crippen molar-refractivity contribution < 1.29 is 12.3 Å². The smallest absolute Gasteiger partial charge is 0.252 e. The molecule has 0 radical (unpaired) electrons. The molecule has 2 aliphatic rings. The van der Waals surface area contributed by atoms with Crippen molar-refractivity contribution in [1.29, 1.82) is 0 Å². The molecule has 2 aliphatic heterocycles. The molecule has 356 valence electrons. The summed E-state index contributed by atoms with van der Waals surface area (Å²) in [6, 6.07) is 54.2. The fraction of sp³-hybridized carbons (Fsp3) is 0.206. The zero-order chi connectivity index (χ0) is 58.0. The Bertz CT molecular complexity index is 3870. The van der Waals surface area contributed by atoms with E-state index in [1.165, 1.54) is 5.56 Å². The van der Waals surface area contributed by atoms with Crippen LogP contribution in [0.5, 0.6) is 0 Å². The summed E-state index contributed by atoms with van der Waals surface area (Å²) in [6.45, 7) is 20.8. The molecule has 0 unspecified atom stereocenters. The Labute approximate surface area is 442 Å². The second kappa shape index (κ2) is 17.6. The van der Waals surface area contributed by atoms with Crippen molar-refractivity contribution in [1.82, 2.24) is 0 Å². The largest absolute Gasteiger partial charge is 0.311 e. The molecule has 72 heavy (non-hydrogen) atoms. The van der Waals surface area contributed by atoms with Gasteiger partial charge in [-0.2, -0.15) is 0 Å². The van der Waals surface area contributed by atoms with Gasteiger partial charge in [-0.3, -0.25) is 0 Å². The molecule has 11 rings (SSSR count). The normalized spacial score (nSPS) is 15.1. The number of fused-ring (bicyclic) bond motifs is 4. The number of anilines is 9. The predicted molar refractivity (Wildman–Crippen MR) is 310 cm³/mol. The van der Waals surface area contributed by atoms with E-state index in [1.54, 1.807) is 36.4 Å². The van der Waals surface area contributed by atoms with Gasteiger partial charge in [-0.1, -0.05) is 215 Å². The maximum absolute atomic E-state index is 10.5. The summed E-state index contributed by atoms with van der Waals surface area (Å²) in [5.74, 6) is 0. The third kappa shape index (κ3) is 8.12. The van der Waals surface area contributed by atoms with Crippen LogP contribution in [-0.4, -0.2) is 6.71 Å². The van der Waals surface area contributed by atoms with Crippen molar-refractivity contribution in [2.45, 2.75) is 90.9 Å². The number of hydrogen-bond acceptors (Lipinski definition) is 3. The Morgan fingerprint density at radius 3 is 1.33 bits per heavy atom. The first-order chi connectivity index (χ1) is 38.2. The van der Waals surface area contributed by atoms with Crippen LogP contribution in [0.25, 0.3) is 0 Å². The summed E-state index contributed by atoms with van der Waals surface area (Å²) in [6.07, 6.45) is 0. The average molecular weight is 945 g/mol. The SMILES string of the molecule is [2H]c1cc(C(C)(C)c2cc([2H])c(N3c4cc(N(c5ccccc5)c5ccccc5)cc5c4B(c4cc(C(C)(C)C)ccc4N5c4ccc(C(C)(C)C)cc4)c4cc(C(C)(C)c5cc([2H])c([2H])c([2H])c5)cc([2H])c43)c([2H])c2)cc([2H])c1[2H]. The summed E-state index contributed by atoms with van der Waals surface area (Å²) >= 11 is 0. The molecule has 0 atom stereocenters. The van der Waals surface area contributed by atoms with Crippen LogP contribution in [0.4, 0.5) is 51.2 Å². The maximum atomic E-state index is 10.5. The molecule has 0 spiro atoms. The minimum Gasteiger partial charge on any atom is -0.311 e. The number of nitrogens with zero attached hydrogens (tertiary/aromatic N) is 3. The van der Waals surface area contributed by atoms with Gasteiger partial charge in [-0.15, -0.1) is 0 Å². The van der Waals surface area contributed by atoms with Crippen molar-refractivity contribution >= 4 is 74.3 Å². The van der Waals surface area contributed by atoms with E-state index in [2.05, 4.69) is 136 Å². The van der Waals surface area contributed by atoms with E-state index < -0.39 is 17.5 Å². The molecule has 9 aromatic carbocycles. The van der Waals surface area contributed by atoms with E-state index in [0.29, 0.717) is 28.1 Å². The Morgan fingerprint density at radius 2 is 0.806 bits per heavy atom. The van der Waals surface area contributed by atoms with Crippen LogP contribution in [0.3, 0.4) is 0 Å². The second-order valence-corrected chi connectivity index (χ2v) is 22.5. The summed E-state index contributed by atoms with van der Waals surface area (Å²) in [5, 5.41) is 0. The first-order valence-corrected chi connectivity index (χ1v) is 25.0. The zero-order valence-corrected chi connectivity index (χ0v) is 43.0. The van der Waals surface area contributed by atoms with Crippen LogP contribution in [0.2, 0.25) is 0 Å². The highest BCUT2D eigenvalue weighted by Gasteiger charge is 2.45. The Kier molecular flexibility index (Phi) is 9.12. The molecule has 0 N–H and O–H groups in total. The standard InChI is InChI=1S/C68H66BN3/c1-65(2,3)47-31-37-55(38-32-47)71-60-41-35-51(66(4,5)6)43-58(60)69-59-44-52(68(9,10)49-25-17-12-18-26-49)36-42-61(59)72(56-39-33-50(34-40-56)67(7,8)48-23-15-11-16-24-48)63-46-57(45-62(71)64(63)69)70(53-27-19-13-20-28-53)54-29-21-14-22-30-54/h11-46H,1-10H3/i11D,12D,15D,16D,17D,18D,39D,40D,42D. The van der Waals surface area contributed by atoms with Crippen molar-refractivity contribution in [3.05, 3.63) is 252 Å². The lowest BCUT2D eigenvalue weighted by Gasteiger charge is -2.46. The molecule has 0 saturated heterocycles. The highest BCUT2D eigenvalue weighted by Crippen LogP contribution is 2.49. The minimum absolute atomic E-state index is 0.0394. The first kappa shape index (κ1) is 37.3. The van der Waals surface area contributed by atoms with Gasteiger partial charge in [-0.25, -0.2) is 0 Å². The molecule has 3 nitrogen and oxygen atoms in total. The monoisotopic (exact) mass is 945 g/mol. The van der Waals surface area contributed by atoms with Gasteiger partial charge in [0.15, 0.2) is 0 Å². The molecule has 0 aromatic heterocycles. The van der Waals surface area contributed by atoms with E-state index in [4.69, 9.17) is 8.22 Å². The van der Waals surface area contributed by atoms with Crippen molar-refractivity contribution in [3.8, 4) is 0 Å². The molecule has 0 bridgehead atoms. The van der Waals surface area contributed by atoms with Crippen LogP contribution in [0.15, 0.2) is 218 Å². The quantitative estimate of drug-likeness (QED) is 0.134. The van der Waals surface area contributed by atoms with Crippen molar-refractivity contribution in [2.75, 3.05) is 14.7 Å². The predicted octanol–water partition coefficient (Wildman–Crippen LogP) is 16.5. The van der Waals surface area contributed by atoms with Gasteiger partial charge in [-0.05, 0) is 133 Å². The van der Waals surface area contributed by atoms with E-state index in [9.17, 15) is 4.11 Å². The summed E-state index contributed by atoms with van der Waals surface area (Å²) in [7, 11) is 0. The number of benzene rings is 9. The third-order valence-corrected chi connectivity index (χ3v) is 15.1. The fourth-order valence-corrected chi connectivity index (χ4v) is 10.6. The van der Waals surface area contributed by atoms with Crippen LogP contribution < -0.4 is 31.1 Å². The maximum Gasteiger partial charge on any atom is 0.252 e. The van der Waals surface area contributed by atoms with Gasteiger partial charge >= 0.3 is 0 Å². The highest BCUT2D eigenvalue weighted by atomic mass is 15.2. The second-order valence-electron chi connectivity index (χ2n) is 22.5. The van der Waals surface area contributed by atoms with Crippen LogP contribution in [0.1, 0.15) is 115 Å². The Hall–Kier alpha value is -7.56. The number of para-hydroxylation sites is 2. The number of rotatable bonds is 9. The first-order valence-electron chi connectivity index (χ1n) is 29.5.